The lowest BCUT2D eigenvalue weighted by molar-refractivity contribution is 0.593. The SMILES string of the molecule is Cc1ccc(S(=O)(=O)N(Cl)c2cc(N3CCCNCC3)ccc2N(C)S(=O)(=O)c2ccccc2)cc1. The maximum atomic E-state index is 13.5. The molecule has 0 spiro atoms. The highest BCUT2D eigenvalue weighted by molar-refractivity contribution is 7.94. The second kappa shape index (κ2) is 10.7. The van der Waals surface area contributed by atoms with E-state index in [1.165, 1.54) is 31.3 Å². The zero-order valence-corrected chi connectivity index (χ0v) is 22.5. The molecule has 0 bridgehead atoms. The van der Waals surface area contributed by atoms with E-state index in [4.69, 9.17) is 11.8 Å². The monoisotopic (exact) mass is 548 g/mol. The average Bonchev–Trinajstić information content (AvgIpc) is 3.18. The van der Waals surface area contributed by atoms with Crippen LogP contribution in [0.15, 0.2) is 82.6 Å². The third-order valence-corrected chi connectivity index (χ3v) is 10.1. The third kappa shape index (κ3) is 5.31. The van der Waals surface area contributed by atoms with Crippen molar-refractivity contribution in [3.05, 3.63) is 78.4 Å². The van der Waals surface area contributed by atoms with Gasteiger partial charge in [0.15, 0.2) is 0 Å². The van der Waals surface area contributed by atoms with Gasteiger partial charge in [-0.05, 0) is 62.4 Å². The standard InChI is InChI=1S/C25H29ClN4O4S2/c1-20-9-12-23(13-10-20)36(33,34)30(26)25-19-21(29-17-6-15-27-16-18-29)11-14-24(25)28(2)35(31,32)22-7-4-3-5-8-22/h3-5,7-14,19,27H,6,15-18H2,1-2H3. The lowest BCUT2D eigenvalue weighted by Crippen LogP contribution is -2.31. The summed E-state index contributed by atoms with van der Waals surface area (Å²) in [7, 11) is -6.77. The first-order valence-corrected chi connectivity index (χ1v) is 14.8. The van der Waals surface area contributed by atoms with Crippen LogP contribution in [0.1, 0.15) is 12.0 Å². The van der Waals surface area contributed by atoms with Crippen molar-refractivity contribution >= 4 is 48.9 Å². The van der Waals surface area contributed by atoms with Crippen LogP contribution in [0.25, 0.3) is 0 Å². The quantitative estimate of drug-likeness (QED) is 0.449. The maximum Gasteiger partial charge on any atom is 0.278 e. The number of nitrogens with one attached hydrogen (secondary N) is 1. The predicted molar refractivity (Wildman–Crippen MR) is 145 cm³/mol. The van der Waals surface area contributed by atoms with Gasteiger partial charge in [-0.1, -0.05) is 35.9 Å². The molecule has 8 nitrogen and oxygen atoms in total. The number of benzene rings is 3. The van der Waals surface area contributed by atoms with Crippen molar-refractivity contribution in [3.63, 3.8) is 0 Å². The van der Waals surface area contributed by atoms with Crippen molar-refractivity contribution in [2.45, 2.75) is 23.1 Å². The van der Waals surface area contributed by atoms with Crippen LogP contribution in [0.4, 0.5) is 17.1 Å². The molecular weight excluding hydrogens is 520 g/mol. The number of aryl methyl sites for hydroxylation is 1. The summed E-state index contributed by atoms with van der Waals surface area (Å²) in [6, 6.07) is 19.3. The molecule has 1 aliphatic heterocycles. The molecule has 0 aromatic heterocycles. The van der Waals surface area contributed by atoms with E-state index in [-0.39, 0.29) is 21.2 Å². The number of hydrogen-bond donors (Lipinski definition) is 1. The second-order valence-electron chi connectivity index (χ2n) is 8.58. The Morgan fingerprint density at radius 3 is 2.17 bits per heavy atom. The normalized spacial score (nSPS) is 14.8. The van der Waals surface area contributed by atoms with E-state index in [0.29, 0.717) is 3.82 Å². The molecule has 1 heterocycles. The van der Waals surface area contributed by atoms with E-state index in [1.54, 1.807) is 48.5 Å². The van der Waals surface area contributed by atoms with Gasteiger partial charge in [-0.2, -0.15) is 12.2 Å². The van der Waals surface area contributed by atoms with Gasteiger partial charge in [0.25, 0.3) is 20.0 Å². The van der Waals surface area contributed by atoms with Crippen LogP contribution in [-0.4, -0.2) is 50.1 Å². The Balaban J connectivity index is 1.83. The van der Waals surface area contributed by atoms with Crippen molar-refractivity contribution in [1.29, 1.82) is 0 Å². The Bertz CT molecular complexity index is 1410. The first kappa shape index (κ1) is 26.3. The minimum Gasteiger partial charge on any atom is -0.370 e. The number of rotatable bonds is 7. The molecule has 1 fully saturated rings. The zero-order chi connectivity index (χ0) is 25.9. The number of hydrogen-bond acceptors (Lipinski definition) is 6. The van der Waals surface area contributed by atoms with Crippen LogP contribution in [0.3, 0.4) is 0 Å². The fourth-order valence-corrected chi connectivity index (χ4v) is 6.71. The molecule has 0 unspecified atom stereocenters. The minimum atomic E-state index is -4.18. The number of sulfonamides is 2. The number of anilines is 3. The second-order valence-corrected chi connectivity index (χ2v) is 12.9. The van der Waals surface area contributed by atoms with E-state index in [1.807, 2.05) is 6.92 Å². The van der Waals surface area contributed by atoms with E-state index >= 15 is 0 Å². The Labute approximate surface area is 218 Å². The zero-order valence-electron chi connectivity index (χ0n) is 20.1. The summed E-state index contributed by atoms with van der Waals surface area (Å²) in [5.41, 5.74) is 1.85. The van der Waals surface area contributed by atoms with E-state index in [2.05, 4.69) is 10.2 Å². The Morgan fingerprint density at radius 2 is 1.47 bits per heavy atom. The van der Waals surface area contributed by atoms with Gasteiger partial charge < -0.3 is 10.2 Å². The largest absolute Gasteiger partial charge is 0.370 e. The summed E-state index contributed by atoms with van der Waals surface area (Å²) >= 11 is 6.55. The van der Waals surface area contributed by atoms with Crippen LogP contribution >= 0.6 is 11.8 Å². The average molecular weight is 549 g/mol. The summed E-state index contributed by atoms with van der Waals surface area (Å²) in [6.45, 7) is 5.03. The smallest absolute Gasteiger partial charge is 0.278 e. The Hall–Kier alpha value is -2.79. The summed E-state index contributed by atoms with van der Waals surface area (Å²) in [5, 5.41) is 3.34. The van der Waals surface area contributed by atoms with Gasteiger partial charge in [-0.25, -0.2) is 8.42 Å². The molecule has 0 aliphatic carbocycles. The maximum absolute atomic E-state index is 13.5. The number of halogens is 1. The molecule has 0 radical (unpaired) electrons. The fraction of sp³-hybridized carbons (Fsp3) is 0.280. The molecule has 11 heteroatoms. The van der Waals surface area contributed by atoms with Gasteiger partial charge in [0.1, 0.15) is 0 Å². The topological polar surface area (TPSA) is 90.0 Å². The van der Waals surface area contributed by atoms with Crippen LogP contribution in [-0.2, 0) is 20.0 Å². The lowest BCUT2D eigenvalue weighted by Gasteiger charge is -2.29. The first-order chi connectivity index (χ1) is 17.1. The molecular formula is C25H29ClN4O4S2. The van der Waals surface area contributed by atoms with Crippen LogP contribution in [0, 0.1) is 6.92 Å². The van der Waals surface area contributed by atoms with Gasteiger partial charge in [0.2, 0.25) is 0 Å². The van der Waals surface area contributed by atoms with Gasteiger partial charge >= 0.3 is 0 Å². The van der Waals surface area contributed by atoms with Crippen LogP contribution in [0.5, 0.6) is 0 Å². The highest BCUT2D eigenvalue weighted by Gasteiger charge is 2.31. The van der Waals surface area contributed by atoms with Gasteiger partial charge in [0, 0.05) is 44.1 Å². The van der Waals surface area contributed by atoms with Crippen LogP contribution < -0.4 is 18.3 Å². The first-order valence-electron chi connectivity index (χ1n) is 11.5. The molecule has 3 aromatic carbocycles. The highest BCUT2D eigenvalue weighted by Crippen LogP contribution is 2.39. The van der Waals surface area contributed by atoms with Gasteiger partial charge in [-0.15, -0.1) is 0 Å². The molecule has 192 valence electrons. The summed E-state index contributed by atoms with van der Waals surface area (Å²) in [4.78, 5) is 2.22. The van der Waals surface area contributed by atoms with E-state index < -0.39 is 20.0 Å². The molecule has 0 atom stereocenters. The van der Waals surface area contributed by atoms with Crippen molar-refractivity contribution < 1.29 is 16.8 Å². The van der Waals surface area contributed by atoms with E-state index in [9.17, 15) is 16.8 Å². The highest BCUT2D eigenvalue weighted by atomic mass is 35.5. The summed E-state index contributed by atoms with van der Waals surface area (Å²) in [6.07, 6.45) is 0.922. The van der Waals surface area contributed by atoms with Gasteiger partial charge in [0.05, 0.1) is 21.2 Å². The molecule has 4 rings (SSSR count). The molecule has 1 saturated heterocycles. The molecule has 36 heavy (non-hydrogen) atoms. The van der Waals surface area contributed by atoms with Gasteiger partial charge in [-0.3, -0.25) is 4.31 Å². The molecule has 1 N–H and O–H groups in total. The number of nitrogens with zero attached hydrogens (tertiary/aromatic N) is 3. The molecule has 0 amide bonds. The Morgan fingerprint density at radius 1 is 0.806 bits per heavy atom. The fourth-order valence-electron chi connectivity index (χ4n) is 4.03. The summed E-state index contributed by atoms with van der Waals surface area (Å²) in [5.74, 6) is 0. The van der Waals surface area contributed by atoms with Crippen molar-refractivity contribution in [2.24, 2.45) is 0 Å². The lowest BCUT2D eigenvalue weighted by atomic mass is 10.2. The molecule has 1 aliphatic rings. The van der Waals surface area contributed by atoms with Crippen molar-refractivity contribution in [2.75, 3.05) is 46.3 Å². The third-order valence-electron chi connectivity index (χ3n) is 6.12. The Kier molecular flexibility index (Phi) is 7.79. The summed E-state index contributed by atoms with van der Waals surface area (Å²) < 4.78 is 55.5. The van der Waals surface area contributed by atoms with Crippen molar-refractivity contribution in [1.82, 2.24) is 5.32 Å². The van der Waals surface area contributed by atoms with Crippen LogP contribution in [0.2, 0.25) is 0 Å². The molecule has 0 saturated carbocycles. The predicted octanol–water partition coefficient (Wildman–Crippen LogP) is 3.97. The van der Waals surface area contributed by atoms with E-state index in [0.717, 1.165) is 48.2 Å². The molecule has 3 aromatic rings. The van der Waals surface area contributed by atoms with Crippen molar-refractivity contribution in [3.8, 4) is 0 Å². The minimum absolute atomic E-state index is 0.00648.